The summed E-state index contributed by atoms with van der Waals surface area (Å²) in [6, 6.07) is 0.153. The average Bonchev–Trinajstić information content (AvgIpc) is 3.18. The quantitative estimate of drug-likeness (QED) is 0.881. The fourth-order valence-electron chi connectivity index (χ4n) is 3.87. The zero-order valence-electron chi connectivity index (χ0n) is 12.5. The van der Waals surface area contributed by atoms with Gasteiger partial charge in [0.2, 0.25) is 0 Å². The molecule has 3 rings (SSSR count). The number of nitrogens with zero attached hydrogens (tertiary/aromatic N) is 2. The summed E-state index contributed by atoms with van der Waals surface area (Å²) in [6.45, 7) is 2.62. The minimum atomic E-state index is -3.54. The number of aryl methyl sites for hydroxylation is 1. The monoisotopic (exact) mass is 312 g/mol. The summed E-state index contributed by atoms with van der Waals surface area (Å²) in [5.74, 6) is 0.517. The van der Waals surface area contributed by atoms with E-state index >= 15 is 0 Å². The predicted molar refractivity (Wildman–Crippen MR) is 80.1 cm³/mol. The van der Waals surface area contributed by atoms with E-state index in [4.69, 9.17) is 5.73 Å². The Hall–Kier alpha value is -0.920. The molecule has 0 radical (unpaired) electrons. The zero-order valence-corrected chi connectivity index (χ0v) is 13.3. The van der Waals surface area contributed by atoms with Crippen LogP contribution in [0.5, 0.6) is 0 Å². The van der Waals surface area contributed by atoms with Gasteiger partial charge in [0.15, 0.2) is 5.03 Å². The molecular weight excluding hydrogens is 288 g/mol. The summed E-state index contributed by atoms with van der Waals surface area (Å²) in [6.07, 6.45) is 6.68. The van der Waals surface area contributed by atoms with Crippen molar-refractivity contribution in [2.45, 2.75) is 63.1 Å². The summed E-state index contributed by atoms with van der Waals surface area (Å²) < 4.78 is 27.7. The van der Waals surface area contributed by atoms with Gasteiger partial charge >= 0.3 is 0 Å². The van der Waals surface area contributed by atoms with Crippen molar-refractivity contribution in [1.29, 1.82) is 0 Å². The standard InChI is InChI=1S/C14H24N4O2S/c1-10-12(9-15)14(17-16-10)21(19,20)18-8-4-7-13(18)11-5-2-3-6-11/h11,13H,2-9,15H2,1H3,(H,16,17). The predicted octanol–water partition coefficient (Wildman–Crippen LogP) is 1.52. The van der Waals surface area contributed by atoms with Crippen LogP contribution in [0.15, 0.2) is 5.03 Å². The molecule has 2 heterocycles. The molecule has 0 amide bonds. The maximum Gasteiger partial charge on any atom is 0.262 e. The second-order valence-electron chi connectivity index (χ2n) is 6.21. The van der Waals surface area contributed by atoms with Gasteiger partial charge in [0, 0.05) is 30.4 Å². The van der Waals surface area contributed by atoms with Gasteiger partial charge in [-0.2, -0.15) is 9.40 Å². The van der Waals surface area contributed by atoms with Gasteiger partial charge in [0.05, 0.1) is 0 Å². The Morgan fingerprint density at radius 3 is 2.67 bits per heavy atom. The molecule has 1 aromatic heterocycles. The molecule has 1 unspecified atom stereocenters. The lowest BCUT2D eigenvalue weighted by Gasteiger charge is -2.28. The van der Waals surface area contributed by atoms with E-state index in [1.165, 1.54) is 12.8 Å². The number of nitrogens with two attached hydrogens (primary N) is 1. The third kappa shape index (κ3) is 2.51. The highest BCUT2D eigenvalue weighted by Gasteiger charge is 2.42. The van der Waals surface area contributed by atoms with Gasteiger partial charge in [-0.15, -0.1) is 0 Å². The molecule has 1 saturated carbocycles. The molecular formula is C14H24N4O2S. The van der Waals surface area contributed by atoms with Gasteiger partial charge in [-0.05, 0) is 38.5 Å². The van der Waals surface area contributed by atoms with Crippen molar-refractivity contribution in [1.82, 2.24) is 14.5 Å². The van der Waals surface area contributed by atoms with Crippen molar-refractivity contribution in [3.05, 3.63) is 11.3 Å². The minimum absolute atomic E-state index is 0.132. The molecule has 3 N–H and O–H groups in total. The van der Waals surface area contributed by atoms with E-state index < -0.39 is 10.0 Å². The molecule has 6 nitrogen and oxygen atoms in total. The van der Waals surface area contributed by atoms with Crippen molar-refractivity contribution >= 4 is 10.0 Å². The largest absolute Gasteiger partial charge is 0.326 e. The molecule has 1 aliphatic heterocycles. The van der Waals surface area contributed by atoms with Gasteiger partial charge < -0.3 is 5.73 Å². The molecule has 1 saturated heterocycles. The molecule has 0 aromatic carbocycles. The number of sulfonamides is 1. The van der Waals surface area contributed by atoms with E-state index in [1.54, 1.807) is 4.31 Å². The van der Waals surface area contributed by atoms with Crippen molar-refractivity contribution in [2.24, 2.45) is 11.7 Å². The lowest BCUT2D eigenvalue weighted by atomic mass is 9.97. The van der Waals surface area contributed by atoms with Gasteiger partial charge in [-0.3, -0.25) is 5.10 Å². The van der Waals surface area contributed by atoms with Crippen LogP contribution in [-0.2, 0) is 16.6 Å². The second-order valence-corrected chi connectivity index (χ2v) is 8.01. The van der Waals surface area contributed by atoms with Crippen LogP contribution in [0.1, 0.15) is 49.8 Å². The minimum Gasteiger partial charge on any atom is -0.326 e. The summed E-state index contributed by atoms with van der Waals surface area (Å²) in [4.78, 5) is 0. The van der Waals surface area contributed by atoms with Crippen LogP contribution < -0.4 is 5.73 Å². The molecule has 1 atom stereocenters. The topological polar surface area (TPSA) is 92.1 Å². The molecule has 0 bridgehead atoms. The van der Waals surface area contributed by atoms with Crippen LogP contribution in [0, 0.1) is 12.8 Å². The van der Waals surface area contributed by atoms with Gasteiger partial charge in [0.1, 0.15) is 0 Å². The number of rotatable bonds is 4. The lowest BCUT2D eigenvalue weighted by Crippen LogP contribution is -2.40. The Kier molecular flexibility index (Phi) is 4.07. The molecule has 0 spiro atoms. The number of hydrogen-bond donors (Lipinski definition) is 2. The van der Waals surface area contributed by atoms with Crippen molar-refractivity contribution < 1.29 is 8.42 Å². The molecule has 1 aromatic rings. The van der Waals surface area contributed by atoms with E-state index in [0.29, 0.717) is 18.0 Å². The lowest BCUT2D eigenvalue weighted by molar-refractivity contribution is 0.287. The van der Waals surface area contributed by atoms with E-state index in [1.807, 2.05) is 6.92 Å². The maximum atomic E-state index is 13.0. The van der Waals surface area contributed by atoms with Gasteiger partial charge in [-0.25, -0.2) is 8.42 Å². The Morgan fingerprint density at radius 2 is 2.00 bits per heavy atom. The molecule has 7 heteroatoms. The van der Waals surface area contributed by atoms with Crippen molar-refractivity contribution in [3.8, 4) is 0 Å². The SMILES string of the molecule is Cc1[nH]nc(S(=O)(=O)N2CCCC2C2CCCC2)c1CN. The highest BCUT2D eigenvalue weighted by atomic mass is 32.2. The van der Waals surface area contributed by atoms with Crippen LogP contribution in [0.3, 0.4) is 0 Å². The van der Waals surface area contributed by atoms with Crippen LogP contribution in [0.4, 0.5) is 0 Å². The molecule has 118 valence electrons. The van der Waals surface area contributed by atoms with Gasteiger partial charge in [0.25, 0.3) is 10.0 Å². The first-order valence-corrected chi connectivity index (χ1v) is 9.25. The van der Waals surface area contributed by atoms with Crippen LogP contribution in [-0.4, -0.2) is 35.5 Å². The smallest absolute Gasteiger partial charge is 0.262 e. The van der Waals surface area contributed by atoms with E-state index in [2.05, 4.69) is 10.2 Å². The molecule has 2 aliphatic rings. The number of aromatic amines is 1. The summed E-state index contributed by atoms with van der Waals surface area (Å²) in [5.41, 5.74) is 7.07. The normalized spacial score (nSPS) is 25.0. The van der Waals surface area contributed by atoms with Crippen molar-refractivity contribution in [2.75, 3.05) is 6.54 Å². The number of hydrogen-bond acceptors (Lipinski definition) is 4. The Labute approximate surface area is 126 Å². The third-order valence-corrected chi connectivity index (χ3v) is 6.88. The average molecular weight is 312 g/mol. The molecule has 21 heavy (non-hydrogen) atoms. The summed E-state index contributed by atoms with van der Waals surface area (Å²) >= 11 is 0. The Balaban J connectivity index is 1.93. The first-order chi connectivity index (χ1) is 10.1. The number of H-pyrrole nitrogens is 1. The van der Waals surface area contributed by atoms with E-state index in [-0.39, 0.29) is 17.6 Å². The summed E-state index contributed by atoms with van der Waals surface area (Å²) in [5, 5.41) is 6.93. The third-order valence-electron chi connectivity index (χ3n) is 4.99. The number of nitrogens with one attached hydrogen (secondary N) is 1. The van der Waals surface area contributed by atoms with Crippen LogP contribution >= 0.6 is 0 Å². The summed E-state index contributed by atoms with van der Waals surface area (Å²) in [7, 11) is -3.54. The Morgan fingerprint density at radius 1 is 1.29 bits per heavy atom. The van der Waals surface area contributed by atoms with E-state index in [0.717, 1.165) is 31.4 Å². The van der Waals surface area contributed by atoms with Gasteiger partial charge in [-0.1, -0.05) is 12.8 Å². The van der Waals surface area contributed by atoms with Crippen LogP contribution in [0.2, 0.25) is 0 Å². The van der Waals surface area contributed by atoms with Crippen LogP contribution in [0.25, 0.3) is 0 Å². The highest BCUT2D eigenvalue weighted by molar-refractivity contribution is 7.89. The first-order valence-electron chi connectivity index (χ1n) is 7.81. The number of aromatic nitrogens is 2. The second kappa shape index (κ2) is 5.70. The first kappa shape index (κ1) is 15.0. The maximum absolute atomic E-state index is 13.0. The highest BCUT2D eigenvalue weighted by Crippen LogP contribution is 2.38. The van der Waals surface area contributed by atoms with E-state index in [9.17, 15) is 8.42 Å². The van der Waals surface area contributed by atoms with Crippen molar-refractivity contribution in [3.63, 3.8) is 0 Å². The molecule has 2 fully saturated rings. The Bertz CT molecular complexity index is 604. The zero-order chi connectivity index (χ0) is 15.0. The molecule has 1 aliphatic carbocycles. The fraction of sp³-hybridized carbons (Fsp3) is 0.786. The fourth-order valence-corrected chi connectivity index (χ4v) is 5.81.